The quantitative estimate of drug-likeness (QED) is 0.300. The molecule has 0 aliphatic carbocycles. The van der Waals surface area contributed by atoms with Crippen molar-refractivity contribution in [2.24, 2.45) is 0 Å². The molecule has 1 unspecified atom stereocenters. The van der Waals surface area contributed by atoms with Crippen LogP contribution in [0, 0.1) is 0 Å². The van der Waals surface area contributed by atoms with E-state index in [9.17, 15) is 4.32 Å². The topological polar surface area (TPSA) is 0 Å². The van der Waals surface area contributed by atoms with Crippen molar-refractivity contribution >= 4 is 16.4 Å². The Morgan fingerprint density at radius 2 is 1.75 bits per heavy atom. The summed E-state index contributed by atoms with van der Waals surface area (Å²) in [6.45, 7) is 0. The highest BCUT2D eigenvalue weighted by atomic mass is 31.0. The Balaban J connectivity index is 0. The zero-order valence-electron chi connectivity index (χ0n) is 1.53. The van der Waals surface area contributed by atoms with Crippen molar-refractivity contribution in [1.29, 1.82) is 0 Å². The predicted molar refractivity (Wildman–Crippen MR) is 23.3 cm³/mol. The third-order valence-corrected chi connectivity index (χ3v) is 0. The second-order valence-electron chi connectivity index (χ2n) is 0.126. The van der Waals surface area contributed by atoms with E-state index in [2.05, 4.69) is 0 Å². The van der Waals surface area contributed by atoms with E-state index in [-0.39, 0.29) is 7.43 Å². The molecule has 4 heavy (non-hydrogen) atoms. The average Bonchev–Trinajstić information content (AvgIpc) is 0.918. The van der Waals surface area contributed by atoms with Crippen LogP contribution in [0.2, 0.25) is 0 Å². The van der Waals surface area contributed by atoms with Gasteiger partial charge in [0.15, 0.2) is 0 Å². The normalized spacial score (nSPS) is 3.50. The lowest BCUT2D eigenvalue weighted by atomic mass is 10.6. The van der Waals surface area contributed by atoms with Gasteiger partial charge in [-0.05, 0) is 0 Å². The lowest BCUT2D eigenvalue weighted by Gasteiger charge is -1.38. The third-order valence-electron chi connectivity index (χ3n) is 0. The van der Waals surface area contributed by atoms with Gasteiger partial charge in [-0.2, -0.15) is 0 Å². The molecule has 0 bridgehead atoms. The van der Waals surface area contributed by atoms with E-state index in [4.69, 9.17) is 0 Å². The van der Waals surface area contributed by atoms with Gasteiger partial charge in [0.05, 0.1) is 0 Å². The minimum absolute atomic E-state index is 0. The summed E-state index contributed by atoms with van der Waals surface area (Å²) in [4.78, 5) is 0. The predicted octanol–water partition coefficient (Wildman–Crippen LogP) is 1.00. The summed E-state index contributed by atoms with van der Waals surface area (Å²) in [7, 11) is 2.20. The van der Waals surface area contributed by atoms with E-state index < -0.39 is 0 Å². The van der Waals surface area contributed by atoms with Crippen molar-refractivity contribution in [3.05, 3.63) is 0 Å². The SMILES string of the molecule is C.F[B]P. The Kier molecular flexibility index (Phi) is 21.9. The zero-order valence-corrected chi connectivity index (χ0v) is 2.69. The van der Waals surface area contributed by atoms with Crippen LogP contribution in [0.1, 0.15) is 7.43 Å². The number of rotatable bonds is 0. The van der Waals surface area contributed by atoms with E-state index in [1.807, 2.05) is 0 Å². The molecule has 0 spiro atoms. The number of hydrogen-bond donors (Lipinski definition) is 0. The average molecular weight is 78.8 g/mol. The van der Waals surface area contributed by atoms with E-state index in [1.54, 1.807) is 9.12 Å². The summed E-state index contributed by atoms with van der Waals surface area (Å²) < 4.78 is 10.1. The Labute approximate surface area is 29.2 Å². The molecule has 25 valence electrons. The van der Waals surface area contributed by atoms with Gasteiger partial charge in [-0.15, -0.1) is 9.12 Å². The Morgan fingerprint density at radius 3 is 1.75 bits per heavy atom. The lowest BCUT2D eigenvalue weighted by Crippen LogP contribution is -1.38. The van der Waals surface area contributed by atoms with Gasteiger partial charge < -0.3 is 4.32 Å². The Morgan fingerprint density at radius 1 is 1.75 bits per heavy atom. The Hall–Kier alpha value is 0.425. The molecule has 0 aromatic rings. The van der Waals surface area contributed by atoms with Crippen LogP contribution in [0.5, 0.6) is 0 Å². The first kappa shape index (κ1) is 8.83. The molecule has 0 amide bonds. The molecule has 0 heterocycles. The van der Waals surface area contributed by atoms with Gasteiger partial charge in [0.2, 0.25) is 0 Å². The first-order valence-electron chi connectivity index (χ1n) is 0.552. The minimum Gasteiger partial charge on any atom is -0.336 e. The molecule has 3 heteroatoms. The van der Waals surface area contributed by atoms with E-state index in [0.717, 1.165) is 0 Å². The fourth-order valence-electron chi connectivity index (χ4n) is 0. The number of hydrogen-bond acceptors (Lipinski definition) is 0. The van der Waals surface area contributed by atoms with Gasteiger partial charge in [0, 0.05) is 0 Å². The van der Waals surface area contributed by atoms with Gasteiger partial charge in [0.1, 0.15) is 0 Å². The molecule has 0 fully saturated rings. The highest BCUT2D eigenvalue weighted by molar-refractivity contribution is 7.54. The highest BCUT2D eigenvalue weighted by Crippen LogP contribution is 1.67. The maximum Gasteiger partial charge on any atom is 0.379 e. The van der Waals surface area contributed by atoms with Crippen LogP contribution in [0.25, 0.3) is 0 Å². The Bertz CT molecular complexity index is 8.00. The van der Waals surface area contributed by atoms with Gasteiger partial charge >= 0.3 is 7.28 Å². The fourth-order valence-corrected chi connectivity index (χ4v) is 0. The molecule has 0 aromatic heterocycles. The van der Waals surface area contributed by atoms with Crippen molar-refractivity contribution < 1.29 is 4.32 Å². The van der Waals surface area contributed by atoms with Crippen molar-refractivity contribution in [3.8, 4) is 0 Å². The molecule has 1 radical (unpaired) electrons. The van der Waals surface area contributed by atoms with Crippen molar-refractivity contribution in [2.45, 2.75) is 7.43 Å². The van der Waals surface area contributed by atoms with Crippen LogP contribution >= 0.6 is 9.12 Å². The van der Waals surface area contributed by atoms with Gasteiger partial charge in [-0.3, -0.25) is 0 Å². The first-order valence-corrected chi connectivity index (χ1v) is 1.22. The molecular weight excluding hydrogens is 72.8 g/mol. The maximum atomic E-state index is 10.1. The molecular formula is CH6BFP. The second-order valence-corrected chi connectivity index (χ2v) is 0.378. The van der Waals surface area contributed by atoms with Crippen molar-refractivity contribution in [1.82, 2.24) is 0 Å². The minimum atomic E-state index is 0. The van der Waals surface area contributed by atoms with Gasteiger partial charge in [-0.1, -0.05) is 7.43 Å². The van der Waals surface area contributed by atoms with Crippen molar-refractivity contribution in [2.75, 3.05) is 0 Å². The van der Waals surface area contributed by atoms with E-state index in [1.165, 1.54) is 0 Å². The highest BCUT2D eigenvalue weighted by Gasteiger charge is 1.52. The molecule has 0 aromatic carbocycles. The van der Waals surface area contributed by atoms with Gasteiger partial charge in [-0.25, -0.2) is 0 Å². The summed E-state index contributed by atoms with van der Waals surface area (Å²) in [5.74, 6) is 0. The van der Waals surface area contributed by atoms with Crippen LogP contribution in [-0.2, 0) is 0 Å². The van der Waals surface area contributed by atoms with Gasteiger partial charge in [0.25, 0.3) is 0 Å². The summed E-state index contributed by atoms with van der Waals surface area (Å²) in [6.07, 6.45) is 0. The summed E-state index contributed by atoms with van der Waals surface area (Å²) >= 11 is 0. The molecule has 0 N–H and O–H groups in total. The fraction of sp³-hybridized carbons (Fsp3) is 1.00. The number of halogens is 1. The monoisotopic (exact) mass is 79.0 g/mol. The first-order chi connectivity index (χ1) is 1.41. The van der Waals surface area contributed by atoms with E-state index >= 15 is 0 Å². The third kappa shape index (κ3) is 27.3. The standard InChI is InChI=1S/CH4.BFH2P/c;2-1-3/h1H4;3H2. The summed E-state index contributed by atoms with van der Waals surface area (Å²) in [6, 6.07) is 0. The largest absolute Gasteiger partial charge is 0.379 e. The van der Waals surface area contributed by atoms with Crippen LogP contribution in [-0.4, -0.2) is 7.28 Å². The summed E-state index contributed by atoms with van der Waals surface area (Å²) in [5.41, 5.74) is 0. The lowest BCUT2D eigenvalue weighted by molar-refractivity contribution is 0.895. The van der Waals surface area contributed by atoms with Crippen LogP contribution in [0.4, 0.5) is 4.32 Å². The van der Waals surface area contributed by atoms with Crippen LogP contribution < -0.4 is 0 Å². The van der Waals surface area contributed by atoms with Crippen LogP contribution in [0.15, 0.2) is 0 Å². The smallest absolute Gasteiger partial charge is 0.336 e. The van der Waals surface area contributed by atoms with Crippen molar-refractivity contribution in [3.63, 3.8) is 0 Å². The molecule has 0 nitrogen and oxygen atoms in total. The molecule has 1 atom stereocenters. The molecule has 0 aliphatic rings. The second kappa shape index (κ2) is 9.92. The van der Waals surface area contributed by atoms with E-state index in [0.29, 0.717) is 7.28 Å². The molecule has 0 rings (SSSR count). The van der Waals surface area contributed by atoms with Crippen LogP contribution in [0.3, 0.4) is 0 Å². The molecule has 0 saturated carbocycles. The zero-order chi connectivity index (χ0) is 2.71. The summed E-state index contributed by atoms with van der Waals surface area (Å²) in [5, 5.41) is 0. The maximum absolute atomic E-state index is 10.1. The molecule has 0 aliphatic heterocycles. The molecule has 0 saturated heterocycles.